The van der Waals surface area contributed by atoms with Crippen LogP contribution in [0.3, 0.4) is 0 Å². The van der Waals surface area contributed by atoms with E-state index < -0.39 is 0 Å². The lowest BCUT2D eigenvalue weighted by atomic mass is 10.0. The molecule has 0 fully saturated rings. The first-order valence-electron chi connectivity index (χ1n) is 17.5. The molecule has 2 heterocycles. The van der Waals surface area contributed by atoms with Gasteiger partial charge in [-0.2, -0.15) is 0 Å². The van der Waals surface area contributed by atoms with Gasteiger partial charge in [0.05, 0.1) is 5.69 Å². The number of furan rings is 1. The van der Waals surface area contributed by atoms with Crippen LogP contribution < -0.4 is 9.80 Å². The van der Waals surface area contributed by atoms with Crippen LogP contribution in [0.15, 0.2) is 199 Å². The van der Waals surface area contributed by atoms with Gasteiger partial charge in [0.1, 0.15) is 11.2 Å². The van der Waals surface area contributed by atoms with Gasteiger partial charge in [0.15, 0.2) is 0 Å². The lowest BCUT2D eigenvalue weighted by Crippen LogP contribution is -2.10. The molecule has 10 aromatic rings. The topological polar surface area (TPSA) is 19.6 Å². The zero-order chi connectivity index (χ0) is 34.4. The van der Waals surface area contributed by atoms with Gasteiger partial charge in [-0.3, -0.25) is 0 Å². The first-order valence-corrected chi connectivity index (χ1v) is 18.3. The van der Waals surface area contributed by atoms with Crippen molar-refractivity contribution in [2.45, 2.75) is 0 Å². The Hall–Kier alpha value is -6.62. The number of rotatable bonds is 7. The van der Waals surface area contributed by atoms with Gasteiger partial charge in [0.25, 0.3) is 0 Å². The van der Waals surface area contributed by atoms with E-state index in [4.69, 9.17) is 4.42 Å². The molecule has 0 aliphatic heterocycles. The average molecular weight is 685 g/mol. The molecule has 2 aromatic heterocycles. The fourth-order valence-electron chi connectivity index (χ4n) is 7.44. The van der Waals surface area contributed by atoms with Crippen LogP contribution in [0, 0.1) is 0 Å². The molecule has 0 N–H and O–H groups in total. The van der Waals surface area contributed by atoms with Crippen molar-refractivity contribution in [1.82, 2.24) is 0 Å². The van der Waals surface area contributed by atoms with Gasteiger partial charge in [-0.1, -0.05) is 109 Å². The molecule has 246 valence electrons. The zero-order valence-corrected chi connectivity index (χ0v) is 29.0. The molecule has 0 aliphatic carbocycles. The third kappa shape index (κ3) is 5.20. The van der Waals surface area contributed by atoms with E-state index in [-0.39, 0.29) is 0 Å². The van der Waals surface area contributed by atoms with Crippen LogP contribution in [0.5, 0.6) is 0 Å². The Labute approximate surface area is 305 Å². The first kappa shape index (κ1) is 30.2. The second kappa shape index (κ2) is 12.6. The number of thiophene rings is 1. The van der Waals surface area contributed by atoms with Crippen LogP contribution in [-0.4, -0.2) is 0 Å². The summed E-state index contributed by atoms with van der Waals surface area (Å²) in [6.45, 7) is 0. The molecular weight excluding hydrogens is 653 g/mol. The van der Waals surface area contributed by atoms with E-state index in [0.29, 0.717) is 0 Å². The molecule has 0 atom stereocenters. The maximum Gasteiger partial charge on any atom is 0.137 e. The molecule has 3 nitrogen and oxygen atoms in total. The van der Waals surface area contributed by atoms with E-state index in [1.165, 1.54) is 31.3 Å². The van der Waals surface area contributed by atoms with E-state index in [1.54, 1.807) is 0 Å². The largest absolute Gasteiger partial charge is 0.456 e. The Morgan fingerprint density at radius 1 is 0.346 bits per heavy atom. The van der Waals surface area contributed by atoms with Crippen molar-refractivity contribution in [1.29, 1.82) is 0 Å². The van der Waals surface area contributed by atoms with Gasteiger partial charge in [-0.25, -0.2) is 0 Å². The van der Waals surface area contributed by atoms with Crippen molar-refractivity contribution in [2.24, 2.45) is 0 Å². The molecule has 0 radical (unpaired) electrons. The highest BCUT2D eigenvalue weighted by molar-refractivity contribution is 7.26. The van der Waals surface area contributed by atoms with E-state index in [1.807, 2.05) is 23.5 Å². The summed E-state index contributed by atoms with van der Waals surface area (Å²) in [6.07, 6.45) is 0. The lowest BCUT2D eigenvalue weighted by Gasteiger charge is -2.27. The number of hydrogen-bond donors (Lipinski definition) is 0. The third-order valence-electron chi connectivity index (χ3n) is 9.84. The molecule has 0 bridgehead atoms. The number of fused-ring (bicyclic) bond motifs is 6. The second-order valence-corrected chi connectivity index (χ2v) is 14.1. The SMILES string of the molecule is c1ccc(-c2ccc(N(c3ccc4c(c3)oc3ccccc34)c3cccc4sc5cc(N(c6ccccc6)c6ccccc6)ccc5c34)cc2)cc1. The maximum atomic E-state index is 6.41. The molecule has 4 heteroatoms. The summed E-state index contributed by atoms with van der Waals surface area (Å²) in [5, 5.41) is 4.71. The smallest absolute Gasteiger partial charge is 0.137 e. The highest BCUT2D eigenvalue weighted by Gasteiger charge is 2.21. The minimum absolute atomic E-state index is 0.874. The van der Waals surface area contributed by atoms with Crippen LogP contribution >= 0.6 is 11.3 Å². The number of nitrogens with zero attached hydrogens (tertiary/aromatic N) is 2. The van der Waals surface area contributed by atoms with E-state index in [2.05, 4.69) is 192 Å². The van der Waals surface area contributed by atoms with Gasteiger partial charge >= 0.3 is 0 Å². The van der Waals surface area contributed by atoms with E-state index in [9.17, 15) is 0 Å². The molecule has 0 saturated carbocycles. The molecule has 0 unspecified atom stereocenters. The predicted octanol–water partition coefficient (Wildman–Crippen LogP) is 14.6. The summed E-state index contributed by atoms with van der Waals surface area (Å²) in [6, 6.07) is 69.1. The van der Waals surface area contributed by atoms with Gasteiger partial charge in [-0.15, -0.1) is 11.3 Å². The Balaban J connectivity index is 1.16. The monoisotopic (exact) mass is 684 g/mol. The van der Waals surface area contributed by atoms with E-state index in [0.717, 1.165) is 56.1 Å². The van der Waals surface area contributed by atoms with Crippen molar-refractivity contribution in [2.75, 3.05) is 9.80 Å². The fraction of sp³-hybridized carbons (Fsp3) is 0. The molecule has 10 rings (SSSR count). The standard InChI is InChI=1S/C48H32N2OS/c1-4-13-33(14-5-1)34-23-25-37(26-24-34)50(38-27-29-41-40-19-10-11-21-44(40)51-45(41)31-38)43-20-12-22-46-48(43)42-30-28-39(32-47(42)52-46)49(35-15-6-2-7-16-35)36-17-8-3-9-18-36/h1-32H. The molecule has 52 heavy (non-hydrogen) atoms. The molecule has 0 saturated heterocycles. The number of anilines is 6. The van der Waals surface area contributed by atoms with Crippen LogP contribution in [0.4, 0.5) is 34.1 Å². The van der Waals surface area contributed by atoms with Crippen molar-refractivity contribution >= 4 is 87.6 Å². The van der Waals surface area contributed by atoms with Gasteiger partial charge < -0.3 is 14.2 Å². The number of benzene rings is 8. The Kier molecular flexibility index (Phi) is 7.33. The number of para-hydroxylation sites is 3. The predicted molar refractivity (Wildman–Crippen MR) is 221 cm³/mol. The first-order chi connectivity index (χ1) is 25.8. The van der Waals surface area contributed by atoms with Crippen molar-refractivity contribution in [3.8, 4) is 11.1 Å². The highest BCUT2D eigenvalue weighted by Crippen LogP contribution is 2.47. The van der Waals surface area contributed by atoms with Gasteiger partial charge in [0, 0.05) is 65.4 Å². The fourth-order valence-corrected chi connectivity index (χ4v) is 8.60. The van der Waals surface area contributed by atoms with Crippen LogP contribution in [0.25, 0.3) is 53.2 Å². The minimum Gasteiger partial charge on any atom is -0.456 e. The summed E-state index contributed by atoms with van der Waals surface area (Å²) in [5.41, 5.74) is 10.8. The normalized spacial score (nSPS) is 11.5. The second-order valence-electron chi connectivity index (χ2n) is 13.0. The molecule has 0 aliphatic rings. The van der Waals surface area contributed by atoms with E-state index >= 15 is 0 Å². The van der Waals surface area contributed by atoms with Crippen molar-refractivity contribution < 1.29 is 4.42 Å². The summed E-state index contributed by atoms with van der Waals surface area (Å²) < 4.78 is 8.90. The van der Waals surface area contributed by atoms with Crippen molar-refractivity contribution in [3.05, 3.63) is 194 Å². The summed E-state index contributed by atoms with van der Waals surface area (Å²) >= 11 is 1.84. The Morgan fingerprint density at radius 3 is 1.63 bits per heavy atom. The van der Waals surface area contributed by atoms with Crippen LogP contribution in [0.1, 0.15) is 0 Å². The molecular formula is C48H32N2OS. The summed E-state index contributed by atoms with van der Waals surface area (Å²) in [5.74, 6) is 0. The minimum atomic E-state index is 0.874. The quantitative estimate of drug-likeness (QED) is 0.167. The average Bonchev–Trinajstić information content (AvgIpc) is 3.78. The van der Waals surface area contributed by atoms with Crippen molar-refractivity contribution in [3.63, 3.8) is 0 Å². The molecule has 0 amide bonds. The van der Waals surface area contributed by atoms with Gasteiger partial charge in [-0.05, 0) is 90.0 Å². The summed E-state index contributed by atoms with van der Waals surface area (Å²) in [7, 11) is 0. The number of hydrogen-bond acceptors (Lipinski definition) is 4. The molecule has 8 aromatic carbocycles. The van der Waals surface area contributed by atoms with Gasteiger partial charge in [0.2, 0.25) is 0 Å². The molecule has 0 spiro atoms. The zero-order valence-electron chi connectivity index (χ0n) is 28.2. The highest BCUT2D eigenvalue weighted by atomic mass is 32.1. The lowest BCUT2D eigenvalue weighted by molar-refractivity contribution is 0.669. The Morgan fingerprint density at radius 2 is 0.904 bits per heavy atom. The van der Waals surface area contributed by atoms with Crippen LogP contribution in [0.2, 0.25) is 0 Å². The Bertz CT molecular complexity index is 2800. The van der Waals surface area contributed by atoms with Crippen LogP contribution in [-0.2, 0) is 0 Å². The summed E-state index contributed by atoms with van der Waals surface area (Å²) in [4.78, 5) is 4.71. The maximum absolute atomic E-state index is 6.41. The third-order valence-corrected chi connectivity index (χ3v) is 11.0.